The number of hydrogen-bond acceptors (Lipinski definition) is 4. The van der Waals surface area contributed by atoms with Crippen LogP contribution in [0.5, 0.6) is 5.75 Å². The number of hydrogen-bond donors (Lipinski definition) is 3. The second kappa shape index (κ2) is 9.06. The van der Waals surface area contributed by atoms with Crippen molar-refractivity contribution in [3.63, 3.8) is 0 Å². The molecule has 2 aromatic rings. The van der Waals surface area contributed by atoms with Crippen LogP contribution in [0.2, 0.25) is 0 Å². The quantitative estimate of drug-likeness (QED) is 0.576. The molecular formula is C25H33FN4O2. The lowest BCUT2D eigenvalue weighted by Gasteiger charge is -2.52. The van der Waals surface area contributed by atoms with E-state index in [2.05, 4.69) is 27.6 Å². The lowest BCUT2D eigenvalue weighted by Crippen LogP contribution is -2.51. The summed E-state index contributed by atoms with van der Waals surface area (Å²) in [6.07, 6.45) is 6.33. The first-order chi connectivity index (χ1) is 15.4. The van der Waals surface area contributed by atoms with Gasteiger partial charge in [0.1, 0.15) is 12.4 Å². The maximum absolute atomic E-state index is 13.2. The number of benzene rings is 1. The van der Waals surface area contributed by atoms with Gasteiger partial charge in [-0.25, -0.2) is 4.39 Å². The number of aryl methyl sites for hydroxylation is 2. The summed E-state index contributed by atoms with van der Waals surface area (Å²) >= 11 is 0. The summed E-state index contributed by atoms with van der Waals surface area (Å²) < 4.78 is 18.3. The van der Waals surface area contributed by atoms with Crippen molar-refractivity contribution in [1.29, 1.82) is 0 Å². The fraction of sp³-hybridized carbons (Fsp3) is 0.520. The molecule has 3 fully saturated rings. The van der Waals surface area contributed by atoms with Gasteiger partial charge in [-0.05, 0) is 75.5 Å². The van der Waals surface area contributed by atoms with Crippen LogP contribution in [0.15, 0.2) is 36.2 Å². The van der Waals surface area contributed by atoms with Crippen molar-refractivity contribution in [2.24, 2.45) is 11.1 Å². The average Bonchev–Trinajstić information content (AvgIpc) is 3.16. The van der Waals surface area contributed by atoms with Crippen molar-refractivity contribution in [1.82, 2.24) is 15.5 Å². The number of nitrogens with zero attached hydrogens (tertiary/aromatic N) is 1. The van der Waals surface area contributed by atoms with E-state index in [1.54, 1.807) is 0 Å². The number of aromatic nitrogens is 2. The number of nitrogens with one attached hydrogen (secondary N) is 2. The van der Waals surface area contributed by atoms with Crippen molar-refractivity contribution in [3.8, 4) is 5.75 Å². The molecule has 2 bridgehead atoms. The number of nitrogens with two attached hydrogens (primary N) is 1. The van der Waals surface area contributed by atoms with Crippen molar-refractivity contribution < 1.29 is 13.9 Å². The molecule has 32 heavy (non-hydrogen) atoms. The first-order valence-corrected chi connectivity index (χ1v) is 11.4. The Bertz CT molecular complexity index is 952. The van der Waals surface area contributed by atoms with Crippen LogP contribution in [0.3, 0.4) is 0 Å². The normalized spacial score (nSPS) is 25.1. The molecule has 3 saturated carbocycles. The highest BCUT2D eigenvalue weighted by molar-refractivity contribution is 5.83. The molecule has 4 N–H and O–H groups in total. The third kappa shape index (κ3) is 4.18. The molecule has 0 radical (unpaired) electrons. The second-order valence-corrected chi connectivity index (χ2v) is 9.44. The van der Waals surface area contributed by atoms with Gasteiger partial charge in [0.15, 0.2) is 0 Å². The number of carbonyl (C=O) groups is 1. The molecule has 0 saturated heterocycles. The molecule has 7 heteroatoms. The smallest absolute Gasteiger partial charge is 0.226 e. The van der Waals surface area contributed by atoms with Gasteiger partial charge in [0.05, 0.1) is 12.0 Å². The molecule has 5 rings (SSSR count). The highest BCUT2D eigenvalue weighted by atomic mass is 19.1. The van der Waals surface area contributed by atoms with E-state index in [0.29, 0.717) is 24.2 Å². The van der Waals surface area contributed by atoms with E-state index in [1.807, 2.05) is 26.0 Å². The lowest BCUT2D eigenvalue weighted by molar-refractivity contribution is -0.138. The van der Waals surface area contributed by atoms with E-state index in [4.69, 9.17) is 10.5 Å². The first kappa shape index (κ1) is 22.5. The number of carbonyl (C=O) groups excluding carboxylic acids is 1. The molecular weight excluding hydrogens is 407 g/mol. The Morgan fingerprint density at radius 3 is 2.38 bits per heavy atom. The van der Waals surface area contributed by atoms with E-state index in [-0.39, 0.29) is 29.9 Å². The number of aromatic amines is 1. The minimum atomic E-state index is -0.242. The van der Waals surface area contributed by atoms with E-state index < -0.39 is 0 Å². The molecule has 0 unspecified atom stereocenters. The largest absolute Gasteiger partial charge is 0.489 e. The van der Waals surface area contributed by atoms with Gasteiger partial charge in [-0.1, -0.05) is 12.1 Å². The molecule has 3 aliphatic rings. The molecule has 0 atom stereocenters. The number of fused-ring (bicyclic) bond motifs is 3. The zero-order chi connectivity index (χ0) is 22.8. The second-order valence-electron chi connectivity index (χ2n) is 9.44. The van der Waals surface area contributed by atoms with Crippen LogP contribution in [0, 0.1) is 19.3 Å². The maximum atomic E-state index is 13.2. The summed E-state index contributed by atoms with van der Waals surface area (Å²) in [6.45, 7) is 4.79. The Morgan fingerprint density at radius 2 is 1.84 bits per heavy atom. The van der Waals surface area contributed by atoms with E-state index in [9.17, 15) is 9.18 Å². The number of halogens is 1. The lowest BCUT2D eigenvalue weighted by atomic mass is 9.51. The number of ether oxygens (including phenoxy) is 1. The van der Waals surface area contributed by atoms with Gasteiger partial charge in [0, 0.05) is 35.3 Å². The Kier molecular flexibility index (Phi) is 6.38. The Morgan fingerprint density at radius 1 is 1.19 bits per heavy atom. The van der Waals surface area contributed by atoms with Gasteiger partial charge >= 0.3 is 0 Å². The molecule has 1 amide bonds. The predicted molar refractivity (Wildman–Crippen MR) is 122 cm³/mol. The third-order valence-electron chi connectivity index (χ3n) is 7.74. The third-order valence-corrected chi connectivity index (χ3v) is 7.74. The number of H-pyrrole nitrogens is 1. The zero-order valence-corrected chi connectivity index (χ0v) is 19.0. The van der Waals surface area contributed by atoms with Gasteiger partial charge in [-0.2, -0.15) is 5.10 Å². The number of rotatable bonds is 8. The summed E-state index contributed by atoms with van der Waals surface area (Å²) in [5.41, 5.74) is 10.2. The predicted octanol–water partition coefficient (Wildman–Crippen LogP) is 4.13. The Hall–Kier alpha value is -2.67. The van der Waals surface area contributed by atoms with Crippen molar-refractivity contribution in [3.05, 3.63) is 58.7 Å². The topological polar surface area (TPSA) is 93.0 Å². The summed E-state index contributed by atoms with van der Waals surface area (Å²) in [7, 11) is 0. The molecule has 172 valence electrons. The molecule has 1 aromatic heterocycles. The van der Waals surface area contributed by atoms with E-state index >= 15 is 0 Å². The summed E-state index contributed by atoms with van der Waals surface area (Å²) in [4.78, 5) is 13.2. The SMILES string of the molecule is Cc1n[nH]c(C)c1CNC(=O)C12CCC(c3ccc(OC/C(=C/F)CN)cc3)(CC1)CC2. The average molecular weight is 441 g/mol. The van der Waals surface area contributed by atoms with Crippen LogP contribution >= 0.6 is 0 Å². The molecule has 3 aliphatic carbocycles. The van der Waals surface area contributed by atoms with Gasteiger partial charge in [0.25, 0.3) is 0 Å². The highest BCUT2D eigenvalue weighted by Gasteiger charge is 2.52. The first-order valence-electron chi connectivity index (χ1n) is 11.4. The summed E-state index contributed by atoms with van der Waals surface area (Å²) in [5, 5.41) is 10.4. The zero-order valence-electron chi connectivity index (χ0n) is 19.0. The van der Waals surface area contributed by atoms with Crippen molar-refractivity contribution in [2.75, 3.05) is 13.2 Å². The fourth-order valence-corrected chi connectivity index (χ4v) is 5.37. The van der Waals surface area contributed by atoms with Gasteiger partial charge in [0.2, 0.25) is 5.91 Å². The summed E-state index contributed by atoms with van der Waals surface area (Å²) in [5.74, 6) is 0.898. The van der Waals surface area contributed by atoms with Crippen LogP contribution in [0.4, 0.5) is 4.39 Å². The Labute approximate surface area is 188 Å². The van der Waals surface area contributed by atoms with Gasteiger partial charge < -0.3 is 15.8 Å². The van der Waals surface area contributed by atoms with Crippen LogP contribution in [-0.2, 0) is 16.8 Å². The maximum Gasteiger partial charge on any atom is 0.226 e. The van der Waals surface area contributed by atoms with Crippen LogP contribution < -0.4 is 15.8 Å². The minimum Gasteiger partial charge on any atom is -0.489 e. The molecule has 6 nitrogen and oxygen atoms in total. The molecule has 0 aliphatic heterocycles. The van der Waals surface area contributed by atoms with E-state index in [1.165, 1.54) is 5.56 Å². The van der Waals surface area contributed by atoms with Crippen molar-refractivity contribution in [2.45, 2.75) is 64.3 Å². The minimum absolute atomic E-state index is 0.138. The van der Waals surface area contributed by atoms with Crippen molar-refractivity contribution >= 4 is 5.91 Å². The highest BCUT2D eigenvalue weighted by Crippen LogP contribution is 2.58. The van der Waals surface area contributed by atoms with Crippen LogP contribution in [-0.4, -0.2) is 29.3 Å². The molecule has 0 spiro atoms. The Balaban J connectivity index is 1.36. The molecule has 1 heterocycles. The van der Waals surface area contributed by atoms with Gasteiger partial charge in [-0.3, -0.25) is 9.89 Å². The van der Waals surface area contributed by atoms with Crippen LogP contribution in [0.25, 0.3) is 0 Å². The standard InChI is InChI=1S/C25H33FN4O2/c1-17-22(18(2)30-29-17)15-28-23(31)25-10-7-24(8-11-25,9-12-25)20-3-5-21(6-4-20)32-16-19(13-26)14-27/h3-6,13H,7-12,14-16,27H2,1-2H3,(H,28,31)(H,29,30)/b19-13+. The summed E-state index contributed by atoms with van der Waals surface area (Å²) in [6, 6.07) is 8.16. The van der Waals surface area contributed by atoms with Crippen LogP contribution in [0.1, 0.15) is 61.0 Å². The van der Waals surface area contributed by atoms with E-state index in [0.717, 1.165) is 55.5 Å². The number of amides is 1. The molecule has 1 aromatic carbocycles. The monoisotopic (exact) mass is 440 g/mol. The fourth-order valence-electron chi connectivity index (χ4n) is 5.37. The van der Waals surface area contributed by atoms with Gasteiger partial charge in [-0.15, -0.1) is 0 Å².